The number of hydrogen-bond donors (Lipinski definition) is 0. The zero-order valence-corrected chi connectivity index (χ0v) is 17.1. The van der Waals surface area contributed by atoms with Crippen molar-refractivity contribution in [2.45, 2.75) is 20.8 Å². The van der Waals surface area contributed by atoms with Crippen molar-refractivity contribution >= 4 is 28.9 Å². The van der Waals surface area contributed by atoms with Crippen molar-refractivity contribution in [3.63, 3.8) is 0 Å². The molecule has 0 N–H and O–H groups in total. The van der Waals surface area contributed by atoms with Gasteiger partial charge >= 0.3 is 17.9 Å². The van der Waals surface area contributed by atoms with Gasteiger partial charge in [0.05, 0.1) is 12.7 Å². The first-order valence-corrected chi connectivity index (χ1v) is 9.02. The van der Waals surface area contributed by atoms with Gasteiger partial charge in [-0.25, -0.2) is 0 Å². The maximum absolute atomic E-state index is 13.2. The van der Waals surface area contributed by atoms with Gasteiger partial charge in [0.25, 0.3) is 0 Å². The predicted molar refractivity (Wildman–Crippen MR) is 108 cm³/mol. The predicted octanol–water partition coefficient (Wildman–Crippen LogP) is 3.24. The second kappa shape index (κ2) is 8.70. The molecule has 2 aromatic carbocycles. The van der Waals surface area contributed by atoms with E-state index >= 15 is 0 Å². The smallest absolute Gasteiger partial charge is 0.308 e. The maximum Gasteiger partial charge on any atom is 0.308 e. The van der Waals surface area contributed by atoms with Crippen molar-refractivity contribution in [1.29, 1.82) is 0 Å². The van der Waals surface area contributed by atoms with Gasteiger partial charge in [0.1, 0.15) is 28.7 Å². The van der Waals surface area contributed by atoms with E-state index in [1.165, 1.54) is 64.5 Å². The lowest BCUT2D eigenvalue weighted by Crippen LogP contribution is -2.10. The van der Waals surface area contributed by atoms with Crippen molar-refractivity contribution in [2.24, 2.45) is 0 Å². The van der Waals surface area contributed by atoms with Crippen molar-refractivity contribution in [1.82, 2.24) is 0 Å². The zero-order valence-electron chi connectivity index (χ0n) is 17.1. The van der Waals surface area contributed by atoms with Crippen LogP contribution in [-0.4, -0.2) is 25.0 Å². The average molecular weight is 426 g/mol. The molecule has 31 heavy (non-hydrogen) atoms. The molecule has 3 rings (SSSR count). The molecule has 0 spiro atoms. The summed E-state index contributed by atoms with van der Waals surface area (Å²) in [6, 6.07) is 7.14. The van der Waals surface area contributed by atoms with Crippen LogP contribution in [0.4, 0.5) is 0 Å². The Kier molecular flexibility index (Phi) is 6.05. The molecular formula is C22H18O9. The van der Waals surface area contributed by atoms with Crippen LogP contribution in [0.3, 0.4) is 0 Å². The molecule has 1 heterocycles. The Morgan fingerprint density at radius 2 is 1.42 bits per heavy atom. The molecule has 0 aliphatic rings. The van der Waals surface area contributed by atoms with Crippen molar-refractivity contribution in [3.8, 4) is 34.1 Å². The topological polar surface area (TPSA) is 118 Å². The first-order chi connectivity index (χ1) is 14.7. The summed E-state index contributed by atoms with van der Waals surface area (Å²) in [5.74, 6) is -1.58. The molecule has 0 fully saturated rings. The Morgan fingerprint density at radius 3 is 2.03 bits per heavy atom. The number of ether oxygens (including phenoxy) is 4. The fraction of sp³-hybridized carbons (Fsp3) is 0.182. The highest BCUT2D eigenvalue weighted by molar-refractivity contribution is 5.90. The number of carbonyl (C=O) groups excluding carboxylic acids is 3. The number of carbonyl (C=O) groups is 3. The van der Waals surface area contributed by atoms with Gasteiger partial charge in [0.2, 0.25) is 5.43 Å². The standard InChI is InChI=1S/C22H18O9/c1-11(23)29-17-6-5-14(7-18(17)30-12(2)24)16-10-28-19-8-15(27-4)9-20(31-13(3)25)21(19)22(16)26/h5-10H,1-4H3. The third-order valence-corrected chi connectivity index (χ3v) is 4.07. The summed E-state index contributed by atoms with van der Waals surface area (Å²) in [6.45, 7) is 3.59. The van der Waals surface area contributed by atoms with Gasteiger partial charge in [-0.3, -0.25) is 19.2 Å². The monoisotopic (exact) mass is 426 g/mol. The Bertz CT molecular complexity index is 1250. The molecule has 160 valence electrons. The normalized spacial score (nSPS) is 10.5. The molecule has 9 nitrogen and oxygen atoms in total. The quantitative estimate of drug-likeness (QED) is 0.447. The third-order valence-electron chi connectivity index (χ3n) is 4.07. The summed E-state index contributed by atoms with van der Waals surface area (Å²) < 4.78 is 26.1. The largest absolute Gasteiger partial charge is 0.496 e. The highest BCUT2D eigenvalue weighted by Crippen LogP contribution is 2.35. The summed E-state index contributed by atoms with van der Waals surface area (Å²) in [7, 11) is 1.42. The molecule has 0 amide bonds. The van der Waals surface area contributed by atoms with Crippen LogP contribution in [0, 0.1) is 0 Å². The van der Waals surface area contributed by atoms with Crippen LogP contribution in [0.15, 0.2) is 45.8 Å². The fourth-order valence-corrected chi connectivity index (χ4v) is 2.89. The zero-order chi connectivity index (χ0) is 22.7. The van der Waals surface area contributed by atoms with E-state index in [1.807, 2.05) is 0 Å². The van der Waals surface area contributed by atoms with E-state index in [-0.39, 0.29) is 33.8 Å². The van der Waals surface area contributed by atoms with E-state index in [2.05, 4.69) is 0 Å². The highest BCUT2D eigenvalue weighted by atomic mass is 16.6. The minimum absolute atomic E-state index is 0.0157. The number of rotatable bonds is 5. The van der Waals surface area contributed by atoms with Crippen LogP contribution in [0.5, 0.6) is 23.0 Å². The molecule has 0 aliphatic carbocycles. The van der Waals surface area contributed by atoms with Crippen LogP contribution in [0.2, 0.25) is 0 Å². The lowest BCUT2D eigenvalue weighted by Gasteiger charge is -2.12. The molecule has 3 aromatic rings. The van der Waals surface area contributed by atoms with E-state index < -0.39 is 23.3 Å². The Labute approximate surface area is 176 Å². The van der Waals surface area contributed by atoms with Crippen molar-refractivity contribution < 1.29 is 37.7 Å². The summed E-state index contributed by atoms with van der Waals surface area (Å²) in [5, 5.41) is 0.0339. The molecule has 0 aliphatic heterocycles. The van der Waals surface area contributed by atoms with Gasteiger partial charge in [-0.1, -0.05) is 6.07 Å². The second-order valence-electron chi connectivity index (χ2n) is 6.42. The van der Waals surface area contributed by atoms with Gasteiger partial charge in [-0.15, -0.1) is 0 Å². The van der Waals surface area contributed by atoms with Gasteiger partial charge < -0.3 is 23.4 Å². The Morgan fingerprint density at radius 1 is 0.806 bits per heavy atom. The van der Waals surface area contributed by atoms with Gasteiger partial charge in [-0.05, 0) is 17.7 Å². The van der Waals surface area contributed by atoms with Crippen molar-refractivity contribution in [2.75, 3.05) is 7.11 Å². The SMILES string of the molecule is COc1cc(OC(C)=O)c2c(=O)c(-c3ccc(OC(C)=O)c(OC(C)=O)c3)coc2c1. The number of fused-ring (bicyclic) bond motifs is 1. The maximum atomic E-state index is 13.2. The first kappa shape index (κ1) is 21.6. The number of hydrogen-bond acceptors (Lipinski definition) is 9. The van der Waals surface area contributed by atoms with E-state index in [0.29, 0.717) is 11.3 Å². The molecule has 1 aromatic heterocycles. The molecule has 0 unspecified atom stereocenters. The van der Waals surface area contributed by atoms with Gasteiger partial charge in [-0.2, -0.15) is 0 Å². The molecule has 0 atom stereocenters. The average Bonchev–Trinajstić information content (AvgIpc) is 2.68. The molecule has 0 saturated carbocycles. The van der Waals surface area contributed by atoms with E-state index in [0.717, 1.165) is 0 Å². The third kappa shape index (κ3) is 4.72. The van der Waals surface area contributed by atoms with E-state index in [4.69, 9.17) is 23.4 Å². The second-order valence-corrected chi connectivity index (χ2v) is 6.42. The van der Waals surface area contributed by atoms with Gasteiger partial charge in [0.15, 0.2) is 11.5 Å². The summed E-state index contributed by atoms with van der Waals surface area (Å²) in [5.41, 5.74) is 0.0940. The fourth-order valence-electron chi connectivity index (χ4n) is 2.89. The van der Waals surface area contributed by atoms with Crippen LogP contribution in [-0.2, 0) is 14.4 Å². The molecule has 0 bridgehead atoms. The number of esters is 3. The van der Waals surface area contributed by atoms with Gasteiger partial charge in [0, 0.05) is 32.9 Å². The summed E-state index contributed by atoms with van der Waals surface area (Å²) >= 11 is 0. The summed E-state index contributed by atoms with van der Waals surface area (Å²) in [6.07, 6.45) is 1.22. The van der Waals surface area contributed by atoms with Crippen LogP contribution in [0.1, 0.15) is 20.8 Å². The van der Waals surface area contributed by atoms with Crippen LogP contribution < -0.4 is 24.4 Å². The molecular weight excluding hydrogens is 408 g/mol. The lowest BCUT2D eigenvalue weighted by molar-refractivity contribution is -0.134. The summed E-state index contributed by atoms with van der Waals surface area (Å²) in [4.78, 5) is 47.5. The first-order valence-electron chi connectivity index (χ1n) is 9.02. The van der Waals surface area contributed by atoms with Crippen LogP contribution in [0.25, 0.3) is 22.1 Å². The molecule has 0 saturated heterocycles. The molecule has 9 heteroatoms. The lowest BCUT2D eigenvalue weighted by atomic mass is 10.0. The number of benzene rings is 2. The minimum atomic E-state index is -0.639. The molecule has 0 radical (unpaired) electrons. The van der Waals surface area contributed by atoms with Crippen molar-refractivity contribution in [3.05, 3.63) is 46.8 Å². The Balaban J connectivity index is 2.22. The highest BCUT2D eigenvalue weighted by Gasteiger charge is 2.19. The minimum Gasteiger partial charge on any atom is -0.496 e. The number of methoxy groups -OCH3 is 1. The van der Waals surface area contributed by atoms with E-state index in [9.17, 15) is 19.2 Å². The van der Waals surface area contributed by atoms with Crippen LogP contribution >= 0.6 is 0 Å². The van der Waals surface area contributed by atoms with E-state index in [1.54, 1.807) is 0 Å². The Hall–Kier alpha value is -4.14.